The van der Waals surface area contributed by atoms with E-state index < -0.39 is 23.2 Å². The lowest BCUT2D eigenvalue weighted by atomic mass is 10.1. The van der Waals surface area contributed by atoms with Crippen LogP contribution in [0.4, 0.5) is 4.39 Å². The summed E-state index contributed by atoms with van der Waals surface area (Å²) >= 11 is 0. The lowest BCUT2D eigenvalue weighted by Gasteiger charge is -2.14. The van der Waals surface area contributed by atoms with Gasteiger partial charge in [0, 0.05) is 7.05 Å². The Kier molecular flexibility index (Phi) is 3.57. The minimum absolute atomic E-state index is 0.172. The highest BCUT2D eigenvalue weighted by atomic mass is 19.1. The maximum Gasteiger partial charge on any atom is 0.295 e. The van der Waals surface area contributed by atoms with Crippen molar-refractivity contribution in [3.8, 4) is 5.75 Å². The van der Waals surface area contributed by atoms with Crippen molar-refractivity contribution in [2.45, 2.75) is 0 Å². The predicted molar refractivity (Wildman–Crippen MR) is 54.7 cm³/mol. The van der Waals surface area contributed by atoms with E-state index in [1.54, 1.807) is 0 Å². The van der Waals surface area contributed by atoms with Gasteiger partial charge in [0.2, 0.25) is 0 Å². The summed E-state index contributed by atoms with van der Waals surface area (Å²) in [5.41, 5.74) is -0.713. The summed E-state index contributed by atoms with van der Waals surface area (Å²) in [4.78, 5) is 16.1. The molecule has 16 heavy (non-hydrogen) atoms. The maximum absolute atomic E-state index is 13.0. The molecule has 0 fully saturated rings. The van der Waals surface area contributed by atoms with Gasteiger partial charge >= 0.3 is 0 Å². The average molecular weight is 226 g/mol. The van der Waals surface area contributed by atoms with Gasteiger partial charge < -0.3 is 5.11 Å². The molecule has 2 N–H and O–H groups in total. The predicted octanol–water partition coefficient (Wildman–Crippen LogP) is 0.919. The molecule has 0 bridgehead atoms. The lowest BCUT2D eigenvalue weighted by Crippen LogP contribution is -2.32. The first kappa shape index (κ1) is 12.1. The number of benzene rings is 1. The van der Waals surface area contributed by atoms with Crippen molar-refractivity contribution in [3.63, 3.8) is 0 Å². The van der Waals surface area contributed by atoms with Crippen LogP contribution in [0.2, 0.25) is 0 Å². The van der Waals surface area contributed by atoms with Crippen molar-refractivity contribution < 1.29 is 19.1 Å². The van der Waals surface area contributed by atoms with Crippen LogP contribution in [0, 0.1) is 11.2 Å². The molecule has 0 radical (unpaired) electrons. The summed E-state index contributed by atoms with van der Waals surface area (Å²) in [6, 6.07) is 3.62. The van der Waals surface area contributed by atoms with Crippen LogP contribution in [0.1, 0.15) is 5.56 Å². The number of rotatable bonds is 3. The number of likely N-dealkylation sites (N-methyl/N-ethyl adjacent to an activating group) is 1. The van der Waals surface area contributed by atoms with Crippen molar-refractivity contribution in [3.05, 3.63) is 29.6 Å². The Morgan fingerprint density at radius 3 is 2.75 bits per heavy atom. The second-order valence-corrected chi connectivity index (χ2v) is 3.00. The summed E-state index contributed by atoms with van der Waals surface area (Å²) in [5.74, 6) is -2.37. The van der Waals surface area contributed by atoms with Gasteiger partial charge in [-0.15, -0.1) is 0 Å². The fraction of sp³-hybridized carbons (Fsp3) is 0.200. The quantitative estimate of drug-likeness (QED) is 0.594. The molecule has 86 valence electrons. The number of halogens is 1. The summed E-state index contributed by atoms with van der Waals surface area (Å²) in [7, 11) is 2.57. The van der Waals surface area contributed by atoms with Crippen LogP contribution < -0.4 is 0 Å². The number of nitrogens with zero attached hydrogens (tertiary/aromatic N) is 1. The van der Waals surface area contributed by atoms with Gasteiger partial charge in [0.15, 0.2) is 11.6 Å². The average Bonchev–Trinajstić information content (AvgIpc) is 2.29. The molecule has 0 aliphatic heterocycles. The van der Waals surface area contributed by atoms with Crippen molar-refractivity contribution >= 4 is 11.6 Å². The fourth-order valence-electron chi connectivity index (χ4n) is 1.07. The summed E-state index contributed by atoms with van der Waals surface area (Å²) in [6.45, 7) is 0. The summed E-state index contributed by atoms with van der Waals surface area (Å²) < 4.78 is 13.0. The zero-order valence-corrected chi connectivity index (χ0v) is 8.82. The zero-order valence-electron chi connectivity index (χ0n) is 8.82. The Hall–Kier alpha value is -1.95. The minimum Gasteiger partial charge on any atom is -0.504 e. The van der Waals surface area contributed by atoms with Gasteiger partial charge in [-0.3, -0.25) is 15.0 Å². The van der Waals surface area contributed by atoms with Gasteiger partial charge in [-0.25, -0.2) is 9.45 Å². The Morgan fingerprint density at radius 2 is 2.19 bits per heavy atom. The first-order valence-corrected chi connectivity index (χ1v) is 4.37. The smallest absolute Gasteiger partial charge is 0.295 e. The van der Waals surface area contributed by atoms with Gasteiger partial charge in [-0.05, 0) is 12.1 Å². The first-order chi connectivity index (χ1) is 7.49. The first-order valence-electron chi connectivity index (χ1n) is 4.37. The molecule has 0 heterocycles. The number of hydrogen-bond acceptors (Lipinski definition) is 4. The highest BCUT2D eigenvalue weighted by Gasteiger charge is 2.20. The van der Waals surface area contributed by atoms with Crippen LogP contribution in [-0.2, 0) is 9.63 Å². The molecule has 1 amide bonds. The Morgan fingerprint density at radius 1 is 1.56 bits per heavy atom. The molecule has 0 aliphatic carbocycles. The molecule has 6 heteroatoms. The molecule has 5 nitrogen and oxygen atoms in total. The van der Waals surface area contributed by atoms with E-state index in [-0.39, 0.29) is 5.56 Å². The van der Waals surface area contributed by atoms with Crippen LogP contribution in [0.15, 0.2) is 18.2 Å². The molecule has 0 atom stereocenters. The van der Waals surface area contributed by atoms with Gasteiger partial charge in [0.25, 0.3) is 5.91 Å². The molecule has 1 rings (SSSR count). The number of nitrogens with one attached hydrogen (secondary N) is 1. The van der Waals surface area contributed by atoms with E-state index in [1.807, 2.05) is 0 Å². The molecular formula is C10H11FN2O3. The number of hydroxylamine groups is 2. The molecule has 0 aromatic heterocycles. The molecule has 0 saturated carbocycles. The number of carbonyl (C=O) groups excluding carboxylic acids is 1. The normalized spacial score (nSPS) is 9.94. The van der Waals surface area contributed by atoms with Gasteiger partial charge in [0.05, 0.1) is 12.7 Å². The van der Waals surface area contributed by atoms with E-state index in [0.29, 0.717) is 0 Å². The topological polar surface area (TPSA) is 73.6 Å². The van der Waals surface area contributed by atoms with Crippen molar-refractivity contribution in [2.75, 3.05) is 14.2 Å². The van der Waals surface area contributed by atoms with Gasteiger partial charge in [-0.2, -0.15) is 0 Å². The molecule has 1 aromatic carbocycles. The Bertz CT molecular complexity index is 434. The molecule has 0 saturated heterocycles. The van der Waals surface area contributed by atoms with Crippen LogP contribution >= 0.6 is 0 Å². The van der Waals surface area contributed by atoms with E-state index in [9.17, 15) is 14.3 Å². The number of para-hydroxylation sites is 1. The Balaban J connectivity index is 3.06. The van der Waals surface area contributed by atoms with E-state index in [0.717, 1.165) is 11.1 Å². The monoisotopic (exact) mass is 226 g/mol. The minimum atomic E-state index is -0.880. The third-order valence-corrected chi connectivity index (χ3v) is 2.03. The maximum atomic E-state index is 13.0. The van der Waals surface area contributed by atoms with E-state index in [2.05, 4.69) is 4.84 Å². The number of phenols is 1. The van der Waals surface area contributed by atoms with Crippen molar-refractivity contribution in [1.82, 2.24) is 5.06 Å². The van der Waals surface area contributed by atoms with E-state index in [4.69, 9.17) is 5.41 Å². The fourth-order valence-corrected chi connectivity index (χ4v) is 1.07. The number of aromatic hydroxyl groups is 1. The standard InChI is InChI=1S/C10H11FN2O3/c1-13(16-2)10(15)8(12)6-4-3-5-7(11)9(6)14/h3-5,12,14H,1-2H3. The van der Waals surface area contributed by atoms with Crippen LogP contribution in [0.5, 0.6) is 5.75 Å². The third kappa shape index (κ3) is 2.17. The second-order valence-electron chi connectivity index (χ2n) is 3.00. The lowest BCUT2D eigenvalue weighted by molar-refractivity contribution is -0.160. The molecule has 1 aromatic rings. The van der Waals surface area contributed by atoms with Crippen molar-refractivity contribution in [2.24, 2.45) is 0 Å². The van der Waals surface area contributed by atoms with Crippen LogP contribution in [-0.4, -0.2) is 35.9 Å². The van der Waals surface area contributed by atoms with Crippen LogP contribution in [0.25, 0.3) is 0 Å². The highest BCUT2D eigenvalue weighted by Crippen LogP contribution is 2.21. The summed E-state index contributed by atoms with van der Waals surface area (Å²) in [5, 5.41) is 17.7. The van der Waals surface area contributed by atoms with Gasteiger partial charge in [0.1, 0.15) is 5.71 Å². The van der Waals surface area contributed by atoms with Crippen LogP contribution in [0.3, 0.4) is 0 Å². The van der Waals surface area contributed by atoms with Crippen molar-refractivity contribution in [1.29, 1.82) is 5.41 Å². The van der Waals surface area contributed by atoms with E-state index in [1.165, 1.54) is 26.3 Å². The SMILES string of the molecule is CON(C)C(=O)C(=N)c1cccc(F)c1O. The largest absolute Gasteiger partial charge is 0.504 e. The number of phenolic OH excluding ortho intramolecular Hbond substituents is 1. The summed E-state index contributed by atoms with van der Waals surface area (Å²) in [6.07, 6.45) is 0. The molecular weight excluding hydrogens is 215 g/mol. The molecule has 0 spiro atoms. The molecule has 0 aliphatic rings. The third-order valence-electron chi connectivity index (χ3n) is 2.03. The Labute approximate surface area is 91.5 Å². The number of amides is 1. The van der Waals surface area contributed by atoms with Gasteiger partial charge in [-0.1, -0.05) is 6.07 Å². The highest BCUT2D eigenvalue weighted by molar-refractivity contribution is 6.44. The zero-order chi connectivity index (χ0) is 12.3. The molecule has 0 unspecified atom stereocenters. The number of carbonyl (C=O) groups is 1. The second kappa shape index (κ2) is 4.71. The van der Waals surface area contributed by atoms with E-state index >= 15 is 0 Å². The number of hydrogen-bond donors (Lipinski definition) is 2.